The van der Waals surface area contributed by atoms with Gasteiger partial charge in [0.05, 0.1) is 11.5 Å². The van der Waals surface area contributed by atoms with Crippen LogP contribution in [0.15, 0.2) is 18.2 Å². The number of amides is 1. The summed E-state index contributed by atoms with van der Waals surface area (Å²) in [6.45, 7) is 2.29. The number of hydrogen-bond donors (Lipinski definition) is 2. The molecule has 19 heavy (non-hydrogen) atoms. The van der Waals surface area contributed by atoms with Crippen LogP contribution in [0.1, 0.15) is 12.0 Å². The van der Waals surface area contributed by atoms with Crippen molar-refractivity contribution in [2.75, 3.05) is 25.4 Å². The van der Waals surface area contributed by atoms with E-state index in [1.807, 2.05) is 4.90 Å². The van der Waals surface area contributed by atoms with Gasteiger partial charge in [-0.3, -0.25) is 19.8 Å². The first-order valence-electron chi connectivity index (χ1n) is 6.08. The summed E-state index contributed by atoms with van der Waals surface area (Å²) in [6.07, 6.45) is 0.878. The minimum absolute atomic E-state index is 0.0116. The molecule has 1 heterocycles. The minimum Gasteiger partial charge on any atom is -0.393 e. The second kappa shape index (κ2) is 5.66. The molecular weight excluding hydrogens is 248 g/mol. The highest BCUT2D eigenvalue weighted by Crippen LogP contribution is 2.23. The predicted molar refractivity (Wildman–Crippen MR) is 70.4 cm³/mol. The molecule has 0 radical (unpaired) electrons. The van der Waals surface area contributed by atoms with Crippen LogP contribution in [0.3, 0.4) is 0 Å². The molecule has 0 aromatic heterocycles. The van der Waals surface area contributed by atoms with Crippen molar-refractivity contribution in [3.05, 3.63) is 33.9 Å². The van der Waals surface area contributed by atoms with Crippen molar-refractivity contribution >= 4 is 17.3 Å². The van der Waals surface area contributed by atoms with E-state index in [2.05, 4.69) is 5.32 Å². The van der Waals surface area contributed by atoms with Gasteiger partial charge in [0, 0.05) is 25.7 Å². The van der Waals surface area contributed by atoms with Gasteiger partial charge in [-0.15, -0.1) is 0 Å². The Kier molecular flexibility index (Phi) is 3.96. The molecule has 1 aromatic rings. The fourth-order valence-corrected chi connectivity index (χ4v) is 2.11. The van der Waals surface area contributed by atoms with Crippen molar-refractivity contribution < 1.29 is 9.72 Å². The lowest BCUT2D eigenvalue weighted by Crippen LogP contribution is -2.32. The summed E-state index contributed by atoms with van der Waals surface area (Å²) in [5.74, 6) is -0.0116. The second-order valence-corrected chi connectivity index (χ2v) is 4.56. The molecule has 1 saturated heterocycles. The average Bonchev–Trinajstić information content (AvgIpc) is 2.56. The number of benzene rings is 1. The van der Waals surface area contributed by atoms with Crippen LogP contribution >= 0.6 is 0 Å². The molecular formula is C12H16N4O3. The molecule has 7 nitrogen and oxygen atoms in total. The summed E-state index contributed by atoms with van der Waals surface area (Å²) < 4.78 is 0. The van der Waals surface area contributed by atoms with Crippen molar-refractivity contribution in [1.29, 1.82) is 0 Å². The Morgan fingerprint density at radius 2 is 2.26 bits per heavy atom. The Morgan fingerprint density at radius 3 is 3.00 bits per heavy atom. The van der Waals surface area contributed by atoms with Crippen molar-refractivity contribution in [2.45, 2.75) is 13.0 Å². The number of nitrogens with one attached hydrogen (secondary N) is 1. The van der Waals surface area contributed by atoms with Crippen LogP contribution in [0, 0.1) is 10.1 Å². The number of carbonyl (C=O) groups excluding carboxylic acids is 1. The number of anilines is 1. The number of rotatable bonds is 3. The number of nitrogens with zero attached hydrogens (tertiary/aromatic N) is 2. The standard InChI is InChI=1S/C12H16N4O3/c13-10-3-2-9(6-11(10)16(18)19)7-15-5-1-4-14-12(17)8-15/h2-3,6H,1,4-5,7-8,13H2,(H,14,17). The maximum atomic E-state index is 11.4. The van der Waals surface area contributed by atoms with Gasteiger partial charge in [-0.05, 0) is 18.1 Å². The SMILES string of the molecule is Nc1ccc(CN2CCCNC(=O)C2)cc1[N+](=O)[O-]. The molecule has 1 aromatic carbocycles. The molecule has 102 valence electrons. The van der Waals surface area contributed by atoms with Crippen molar-refractivity contribution in [2.24, 2.45) is 0 Å². The van der Waals surface area contributed by atoms with Gasteiger partial charge < -0.3 is 11.1 Å². The maximum absolute atomic E-state index is 11.4. The second-order valence-electron chi connectivity index (χ2n) is 4.56. The molecule has 1 fully saturated rings. The van der Waals surface area contributed by atoms with Crippen LogP contribution < -0.4 is 11.1 Å². The summed E-state index contributed by atoms with van der Waals surface area (Å²) in [6, 6.07) is 4.76. The van der Waals surface area contributed by atoms with Crippen LogP contribution in [0.5, 0.6) is 0 Å². The van der Waals surface area contributed by atoms with E-state index in [1.165, 1.54) is 12.1 Å². The van der Waals surface area contributed by atoms with Gasteiger partial charge in [-0.1, -0.05) is 6.07 Å². The Hall–Kier alpha value is -2.15. The van der Waals surface area contributed by atoms with Gasteiger partial charge >= 0.3 is 0 Å². The zero-order chi connectivity index (χ0) is 13.8. The number of nitrogen functional groups attached to an aromatic ring is 1. The molecule has 0 spiro atoms. The van der Waals surface area contributed by atoms with E-state index in [0.717, 1.165) is 18.5 Å². The van der Waals surface area contributed by atoms with Crippen molar-refractivity contribution in [3.8, 4) is 0 Å². The lowest BCUT2D eigenvalue weighted by molar-refractivity contribution is -0.384. The number of nitro benzene ring substituents is 1. The monoisotopic (exact) mass is 264 g/mol. The zero-order valence-corrected chi connectivity index (χ0v) is 10.5. The molecule has 0 atom stereocenters. The molecule has 3 N–H and O–H groups in total. The molecule has 2 rings (SSSR count). The zero-order valence-electron chi connectivity index (χ0n) is 10.5. The molecule has 1 amide bonds. The third kappa shape index (κ3) is 3.41. The van der Waals surface area contributed by atoms with Crippen LogP contribution in [-0.2, 0) is 11.3 Å². The lowest BCUT2D eigenvalue weighted by Gasteiger charge is -2.18. The summed E-state index contributed by atoms with van der Waals surface area (Å²) >= 11 is 0. The number of nitrogens with two attached hydrogens (primary N) is 1. The first-order chi connectivity index (χ1) is 9.06. The van der Waals surface area contributed by atoms with Gasteiger partial charge in [0.1, 0.15) is 5.69 Å². The normalized spacial score (nSPS) is 16.7. The number of nitro groups is 1. The highest BCUT2D eigenvalue weighted by Gasteiger charge is 2.17. The topological polar surface area (TPSA) is 102 Å². The minimum atomic E-state index is -0.492. The van der Waals surface area contributed by atoms with Gasteiger partial charge in [0.25, 0.3) is 5.69 Å². The summed E-state index contributed by atoms with van der Waals surface area (Å²) in [5, 5.41) is 13.6. The van der Waals surface area contributed by atoms with Gasteiger partial charge in [-0.2, -0.15) is 0 Å². The maximum Gasteiger partial charge on any atom is 0.292 e. The van der Waals surface area contributed by atoms with Crippen LogP contribution in [0.2, 0.25) is 0 Å². The van der Waals surface area contributed by atoms with Crippen LogP contribution in [0.4, 0.5) is 11.4 Å². The molecule has 1 aliphatic rings. The largest absolute Gasteiger partial charge is 0.393 e. The first-order valence-corrected chi connectivity index (χ1v) is 6.08. The van der Waals surface area contributed by atoms with E-state index < -0.39 is 4.92 Å². The van der Waals surface area contributed by atoms with Crippen LogP contribution in [0.25, 0.3) is 0 Å². The Labute approximate surface area is 110 Å². The molecule has 0 aliphatic carbocycles. The predicted octanol–water partition coefficient (Wildman–Crippen LogP) is 0.499. The summed E-state index contributed by atoms with van der Waals surface area (Å²) in [7, 11) is 0. The van der Waals surface area contributed by atoms with Crippen molar-refractivity contribution in [1.82, 2.24) is 10.2 Å². The third-order valence-corrected chi connectivity index (χ3v) is 3.04. The fraction of sp³-hybridized carbons (Fsp3) is 0.417. The summed E-state index contributed by atoms with van der Waals surface area (Å²) in [5.41, 5.74) is 6.41. The first kappa shape index (κ1) is 13.3. The number of hydrogen-bond acceptors (Lipinski definition) is 5. The highest BCUT2D eigenvalue weighted by atomic mass is 16.6. The van der Waals surface area contributed by atoms with Crippen molar-refractivity contribution in [3.63, 3.8) is 0 Å². The van der Waals surface area contributed by atoms with E-state index in [4.69, 9.17) is 5.73 Å². The quantitative estimate of drug-likeness (QED) is 0.470. The van der Waals surface area contributed by atoms with Gasteiger partial charge in [0.2, 0.25) is 5.91 Å². The number of carbonyl (C=O) groups is 1. The smallest absolute Gasteiger partial charge is 0.292 e. The molecule has 0 bridgehead atoms. The Balaban J connectivity index is 2.12. The van der Waals surface area contributed by atoms with E-state index >= 15 is 0 Å². The van der Waals surface area contributed by atoms with E-state index in [1.54, 1.807) is 6.07 Å². The molecule has 0 unspecified atom stereocenters. The fourth-order valence-electron chi connectivity index (χ4n) is 2.11. The average molecular weight is 264 g/mol. The third-order valence-electron chi connectivity index (χ3n) is 3.04. The highest BCUT2D eigenvalue weighted by molar-refractivity contribution is 5.78. The van der Waals surface area contributed by atoms with E-state index in [-0.39, 0.29) is 17.3 Å². The lowest BCUT2D eigenvalue weighted by atomic mass is 10.1. The van der Waals surface area contributed by atoms with Gasteiger partial charge in [-0.25, -0.2) is 0 Å². The van der Waals surface area contributed by atoms with E-state index in [9.17, 15) is 14.9 Å². The molecule has 7 heteroatoms. The molecule has 1 aliphatic heterocycles. The summed E-state index contributed by atoms with van der Waals surface area (Å²) in [4.78, 5) is 23.7. The van der Waals surface area contributed by atoms with Gasteiger partial charge in [0.15, 0.2) is 0 Å². The van der Waals surface area contributed by atoms with Crippen LogP contribution in [-0.4, -0.2) is 35.4 Å². The molecule has 0 saturated carbocycles. The van der Waals surface area contributed by atoms with E-state index in [0.29, 0.717) is 19.6 Å². The Bertz CT molecular complexity index is 504. The Morgan fingerprint density at radius 1 is 1.47 bits per heavy atom.